The van der Waals surface area contributed by atoms with E-state index in [4.69, 9.17) is 0 Å². The molecule has 2 aromatic carbocycles. The summed E-state index contributed by atoms with van der Waals surface area (Å²) in [7, 11) is -3.92. The van der Waals surface area contributed by atoms with E-state index in [-0.39, 0.29) is 36.4 Å². The van der Waals surface area contributed by atoms with Crippen molar-refractivity contribution in [3.63, 3.8) is 0 Å². The van der Waals surface area contributed by atoms with Crippen LogP contribution in [0.5, 0.6) is 0 Å². The molecule has 2 aliphatic heterocycles. The molecule has 0 aromatic heterocycles. The normalized spacial score (nSPS) is 22.5. The summed E-state index contributed by atoms with van der Waals surface area (Å²) in [4.78, 5) is 26.0. The van der Waals surface area contributed by atoms with E-state index in [1.807, 2.05) is 6.92 Å². The van der Waals surface area contributed by atoms with Crippen molar-refractivity contribution in [1.29, 1.82) is 0 Å². The van der Waals surface area contributed by atoms with Gasteiger partial charge in [0, 0.05) is 19.6 Å². The molecular formula is C28H34N4O4S. The summed E-state index contributed by atoms with van der Waals surface area (Å²) in [5, 5.41) is 9.16. The Hall–Kier alpha value is -3.01. The van der Waals surface area contributed by atoms with Crippen LogP contribution < -0.4 is 16.0 Å². The first-order valence-electron chi connectivity index (χ1n) is 13.0. The average molecular weight is 523 g/mol. The van der Waals surface area contributed by atoms with Gasteiger partial charge in [-0.25, -0.2) is 8.42 Å². The highest BCUT2D eigenvalue weighted by Crippen LogP contribution is 2.33. The third-order valence-electron chi connectivity index (χ3n) is 7.52. The van der Waals surface area contributed by atoms with Crippen molar-refractivity contribution < 1.29 is 18.0 Å². The smallest absolute Gasteiger partial charge is 0.243 e. The number of benzene rings is 2. The highest BCUT2D eigenvalue weighted by Gasteiger charge is 2.40. The molecule has 2 amide bonds. The van der Waals surface area contributed by atoms with Crippen LogP contribution in [-0.2, 0) is 26.0 Å². The summed E-state index contributed by atoms with van der Waals surface area (Å²) >= 11 is 0. The number of carbonyl (C=O) groups is 2. The molecule has 196 valence electrons. The second-order valence-electron chi connectivity index (χ2n) is 10.0. The number of hydrogen-bond donors (Lipinski definition) is 3. The second kappa shape index (κ2) is 10.8. The number of amides is 2. The van der Waals surface area contributed by atoms with Crippen molar-refractivity contribution in [3.05, 3.63) is 70.8 Å². The van der Waals surface area contributed by atoms with Gasteiger partial charge in [-0.1, -0.05) is 42.0 Å². The quantitative estimate of drug-likeness (QED) is 0.540. The SMILES string of the molecule is Cc1ccc(S(=O)(=O)N2CCNC(=O)C2CC(=O)NC2CCCc3cc(C4=CCNCC4)ccc32)cc1. The Bertz CT molecular complexity index is 1320. The largest absolute Gasteiger partial charge is 0.353 e. The van der Waals surface area contributed by atoms with Crippen molar-refractivity contribution in [2.45, 2.75) is 56.0 Å². The minimum absolute atomic E-state index is 0.124. The van der Waals surface area contributed by atoms with Crippen LogP contribution in [0.4, 0.5) is 0 Å². The number of rotatable bonds is 6. The van der Waals surface area contributed by atoms with Crippen LogP contribution in [0.25, 0.3) is 5.57 Å². The molecule has 9 heteroatoms. The number of hydrogen-bond acceptors (Lipinski definition) is 5. The fraction of sp³-hybridized carbons (Fsp3) is 0.429. The molecule has 0 bridgehead atoms. The van der Waals surface area contributed by atoms with Gasteiger partial charge >= 0.3 is 0 Å². The molecule has 2 atom stereocenters. The van der Waals surface area contributed by atoms with E-state index in [9.17, 15) is 18.0 Å². The monoisotopic (exact) mass is 522 g/mol. The molecule has 1 saturated heterocycles. The van der Waals surface area contributed by atoms with Gasteiger partial charge in [0.05, 0.1) is 17.4 Å². The lowest BCUT2D eigenvalue weighted by molar-refractivity contribution is -0.132. The number of nitrogens with zero attached hydrogens (tertiary/aromatic N) is 1. The number of carbonyl (C=O) groups excluding carboxylic acids is 2. The van der Waals surface area contributed by atoms with E-state index in [1.54, 1.807) is 24.3 Å². The van der Waals surface area contributed by atoms with Gasteiger partial charge in [0.1, 0.15) is 6.04 Å². The van der Waals surface area contributed by atoms with Gasteiger partial charge < -0.3 is 16.0 Å². The summed E-state index contributed by atoms with van der Waals surface area (Å²) in [6, 6.07) is 11.8. The van der Waals surface area contributed by atoms with E-state index in [0.29, 0.717) is 0 Å². The first kappa shape index (κ1) is 25.6. The lowest BCUT2D eigenvalue weighted by Gasteiger charge is -2.34. The molecule has 0 radical (unpaired) electrons. The van der Waals surface area contributed by atoms with E-state index in [1.165, 1.54) is 21.0 Å². The lowest BCUT2D eigenvalue weighted by Crippen LogP contribution is -2.58. The fourth-order valence-electron chi connectivity index (χ4n) is 5.50. The molecular weight excluding hydrogens is 488 g/mol. The average Bonchev–Trinajstić information content (AvgIpc) is 2.90. The molecule has 2 unspecified atom stereocenters. The maximum Gasteiger partial charge on any atom is 0.243 e. The van der Waals surface area contributed by atoms with Crippen molar-refractivity contribution in [3.8, 4) is 0 Å². The summed E-state index contributed by atoms with van der Waals surface area (Å²) in [5.41, 5.74) is 5.88. The number of piperazine rings is 1. The third-order valence-corrected chi connectivity index (χ3v) is 9.44. The van der Waals surface area contributed by atoms with E-state index in [2.05, 4.69) is 40.2 Å². The van der Waals surface area contributed by atoms with Crippen LogP contribution in [0, 0.1) is 6.92 Å². The molecule has 3 aliphatic rings. The number of fused-ring (bicyclic) bond motifs is 1. The number of sulfonamides is 1. The van der Waals surface area contributed by atoms with Gasteiger partial charge in [-0.2, -0.15) is 4.31 Å². The molecule has 1 aliphatic carbocycles. The Morgan fingerprint density at radius 1 is 1.11 bits per heavy atom. The molecule has 5 rings (SSSR count). The first-order valence-corrected chi connectivity index (χ1v) is 14.5. The first-order chi connectivity index (χ1) is 17.8. The molecule has 37 heavy (non-hydrogen) atoms. The minimum Gasteiger partial charge on any atom is -0.353 e. The third kappa shape index (κ3) is 5.49. The second-order valence-corrected chi connectivity index (χ2v) is 11.9. The van der Waals surface area contributed by atoms with Crippen molar-refractivity contribution in [2.24, 2.45) is 0 Å². The molecule has 3 N–H and O–H groups in total. The predicted molar refractivity (Wildman–Crippen MR) is 142 cm³/mol. The van der Waals surface area contributed by atoms with Gasteiger partial charge in [-0.3, -0.25) is 9.59 Å². The molecule has 8 nitrogen and oxygen atoms in total. The predicted octanol–water partition coefficient (Wildman–Crippen LogP) is 2.44. The number of nitrogens with one attached hydrogen (secondary N) is 3. The van der Waals surface area contributed by atoms with Gasteiger partial charge in [-0.15, -0.1) is 0 Å². The van der Waals surface area contributed by atoms with Crippen LogP contribution in [0.1, 0.15) is 54.0 Å². The van der Waals surface area contributed by atoms with E-state index < -0.39 is 22.0 Å². The van der Waals surface area contributed by atoms with Crippen molar-refractivity contribution >= 4 is 27.4 Å². The van der Waals surface area contributed by atoms with Crippen molar-refractivity contribution in [1.82, 2.24) is 20.3 Å². The minimum atomic E-state index is -3.92. The topological polar surface area (TPSA) is 108 Å². The zero-order chi connectivity index (χ0) is 26.0. The van der Waals surface area contributed by atoms with Gasteiger partial charge in [-0.05, 0) is 73.5 Å². The molecule has 0 saturated carbocycles. The summed E-state index contributed by atoms with van der Waals surface area (Å²) in [6.07, 6.45) is 5.76. The van der Waals surface area contributed by atoms with Crippen LogP contribution in [0.2, 0.25) is 0 Å². The van der Waals surface area contributed by atoms with Gasteiger partial charge in [0.15, 0.2) is 0 Å². The Kier molecular flexibility index (Phi) is 7.46. The summed E-state index contributed by atoms with van der Waals surface area (Å²) in [5.74, 6) is -0.768. The Balaban J connectivity index is 1.31. The molecule has 2 heterocycles. The highest BCUT2D eigenvalue weighted by atomic mass is 32.2. The standard InChI is InChI=1S/C28H34N4O4S/c1-19-5-8-23(9-6-19)37(35,36)32-16-15-30-28(34)26(32)18-27(33)31-25-4-2-3-22-17-21(7-10-24(22)25)20-11-13-29-14-12-20/h5-11,17,25-26,29H,2-4,12-16,18H2,1H3,(H,30,34)(H,31,33). The molecule has 1 fully saturated rings. The zero-order valence-corrected chi connectivity index (χ0v) is 21.9. The maximum atomic E-state index is 13.4. The highest BCUT2D eigenvalue weighted by molar-refractivity contribution is 7.89. The van der Waals surface area contributed by atoms with E-state index >= 15 is 0 Å². The Morgan fingerprint density at radius 3 is 2.68 bits per heavy atom. The Morgan fingerprint density at radius 2 is 1.92 bits per heavy atom. The Labute approximate surface area is 218 Å². The van der Waals surface area contributed by atoms with E-state index in [0.717, 1.165) is 49.9 Å². The summed E-state index contributed by atoms with van der Waals surface area (Å²) in [6.45, 7) is 4.09. The van der Waals surface area contributed by atoms with Crippen LogP contribution in [0.15, 0.2) is 53.4 Å². The lowest BCUT2D eigenvalue weighted by atomic mass is 9.85. The number of aryl methyl sites for hydroxylation is 2. The zero-order valence-electron chi connectivity index (χ0n) is 21.1. The van der Waals surface area contributed by atoms with Crippen molar-refractivity contribution in [2.75, 3.05) is 26.2 Å². The molecule has 2 aromatic rings. The van der Waals surface area contributed by atoms with Gasteiger partial charge in [0.2, 0.25) is 21.8 Å². The van der Waals surface area contributed by atoms with Crippen LogP contribution in [-0.4, -0.2) is 56.8 Å². The van der Waals surface area contributed by atoms with Crippen LogP contribution >= 0.6 is 0 Å². The fourth-order valence-corrected chi connectivity index (χ4v) is 7.09. The van der Waals surface area contributed by atoms with Gasteiger partial charge in [0.25, 0.3) is 0 Å². The van der Waals surface area contributed by atoms with Crippen LogP contribution in [0.3, 0.4) is 0 Å². The molecule has 0 spiro atoms. The summed E-state index contributed by atoms with van der Waals surface area (Å²) < 4.78 is 27.9. The maximum absolute atomic E-state index is 13.4.